The normalized spacial score (nSPS) is 14.0. The molecule has 138 valence electrons. The molecular formula is C19H34O4Zr. The Morgan fingerprint density at radius 3 is 1.38 bits per heavy atom. The second-order valence-corrected chi connectivity index (χ2v) is 13.6. The van der Waals surface area contributed by atoms with Crippen LogP contribution in [0.3, 0.4) is 0 Å². The third kappa shape index (κ3) is 9.43. The summed E-state index contributed by atoms with van der Waals surface area (Å²) in [5, 5.41) is 0. The molecule has 0 saturated carbocycles. The average molecular weight is 418 g/mol. The van der Waals surface area contributed by atoms with Gasteiger partial charge in [0, 0.05) is 0 Å². The van der Waals surface area contributed by atoms with Crippen LogP contribution in [0.25, 0.3) is 0 Å². The average Bonchev–Trinajstić information content (AvgIpc) is 2.31. The monoisotopic (exact) mass is 416 g/mol. The van der Waals surface area contributed by atoms with Crippen molar-refractivity contribution >= 4 is 0 Å². The molecule has 0 fully saturated rings. The predicted molar refractivity (Wildman–Crippen MR) is 93.7 cm³/mol. The van der Waals surface area contributed by atoms with Crippen LogP contribution >= 0.6 is 0 Å². The van der Waals surface area contributed by atoms with Gasteiger partial charge >= 0.3 is 155 Å². The zero-order chi connectivity index (χ0) is 18.6. The fourth-order valence-corrected chi connectivity index (χ4v) is 9.14. The van der Waals surface area contributed by atoms with Crippen molar-refractivity contribution in [3.63, 3.8) is 0 Å². The fraction of sp³-hybridized carbons (Fsp3) is 0.684. The zero-order valence-electron chi connectivity index (χ0n) is 16.7. The minimum atomic E-state index is -4.30. The molecule has 0 radical (unpaired) electrons. The summed E-state index contributed by atoms with van der Waals surface area (Å²) < 4.78 is 25.3. The first-order valence-electron chi connectivity index (χ1n) is 8.48. The topological polar surface area (TPSA) is 36.9 Å². The van der Waals surface area contributed by atoms with Gasteiger partial charge in [0.05, 0.1) is 0 Å². The van der Waals surface area contributed by atoms with Gasteiger partial charge in [-0.05, 0) is 0 Å². The van der Waals surface area contributed by atoms with Crippen LogP contribution in [0.4, 0.5) is 0 Å². The Bertz CT molecular complexity index is 454. The molecule has 24 heavy (non-hydrogen) atoms. The summed E-state index contributed by atoms with van der Waals surface area (Å²) in [5.74, 6) is 0. The summed E-state index contributed by atoms with van der Waals surface area (Å²) in [4.78, 5) is 0. The van der Waals surface area contributed by atoms with Crippen molar-refractivity contribution in [2.24, 2.45) is 0 Å². The Kier molecular flexibility index (Phi) is 7.41. The van der Waals surface area contributed by atoms with Crippen LogP contribution in [-0.2, 0) is 39.9 Å². The van der Waals surface area contributed by atoms with Crippen LogP contribution in [0.1, 0.15) is 67.9 Å². The molecule has 1 aromatic rings. The summed E-state index contributed by atoms with van der Waals surface area (Å²) in [6.45, 7) is 18.4. The Morgan fingerprint density at radius 1 is 0.667 bits per heavy atom. The van der Waals surface area contributed by atoms with Crippen molar-refractivity contribution in [1.29, 1.82) is 0 Å². The molecule has 1 aromatic carbocycles. The van der Waals surface area contributed by atoms with Crippen molar-refractivity contribution in [3.8, 4) is 0 Å². The van der Waals surface area contributed by atoms with Gasteiger partial charge in [-0.25, -0.2) is 0 Å². The molecule has 0 aliphatic carbocycles. The first-order valence-corrected chi connectivity index (χ1v) is 12.5. The molecule has 1 rings (SSSR count). The van der Waals surface area contributed by atoms with Crippen LogP contribution < -0.4 is 0 Å². The van der Waals surface area contributed by atoms with Crippen LogP contribution in [0.2, 0.25) is 0 Å². The van der Waals surface area contributed by atoms with Crippen LogP contribution in [0.15, 0.2) is 30.3 Å². The minimum absolute atomic E-state index is 0.413. The van der Waals surface area contributed by atoms with E-state index in [1.54, 1.807) is 0 Å². The summed E-state index contributed by atoms with van der Waals surface area (Å²) in [6.07, 6.45) is 0. The maximum atomic E-state index is 6.34. The number of hydrogen-bond donors (Lipinski definition) is 0. The molecule has 0 aromatic heterocycles. The molecule has 0 amide bonds. The maximum absolute atomic E-state index is 6.34. The third-order valence-corrected chi connectivity index (χ3v) is 10.1. The summed E-state index contributed by atoms with van der Waals surface area (Å²) in [6, 6.07) is 10.0. The molecule has 0 bridgehead atoms. The molecule has 0 aliphatic rings. The van der Waals surface area contributed by atoms with Gasteiger partial charge in [0.2, 0.25) is 0 Å². The zero-order valence-corrected chi connectivity index (χ0v) is 19.2. The van der Waals surface area contributed by atoms with Gasteiger partial charge in [0.25, 0.3) is 0 Å². The molecule has 0 heterocycles. The Morgan fingerprint density at radius 2 is 1.04 bits per heavy atom. The SMILES string of the molecule is CC(C)(C)[O][Zr]([O]Cc1ccccc1)([O]C(C)(C)C)[O]C(C)(C)C. The van der Waals surface area contributed by atoms with E-state index in [1.165, 1.54) is 0 Å². The van der Waals surface area contributed by atoms with Gasteiger partial charge in [-0.15, -0.1) is 0 Å². The van der Waals surface area contributed by atoms with E-state index in [9.17, 15) is 0 Å². The standard InChI is InChI=1S/C7H7O.3C4H9O.Zr/c8-6-7-4-2-1-3-5-7;3*1-4(2,3)5;/h1-5H,6H2;3*1-3H3;/q4*-1;+4. The van der Waals surface area contributed by atoms with Crippen LogP contribution in [0.5, 0.6) is 0 Å². The van der Waals surface area contributed by atoms with Gasteiger partial charge in [-0.2, -0.15) is 0 Å². The van der Waals surface area contributed by atoms with E-state index >= 15 is 0 Å². The quantitative estimate of drug-likeness (QED) is 0.615. The van der Waals surface area contributed by atoms with Crippen molar-refractivity contribution in [3.05, 3.63) is 35.9 Å². The van der Waals surface area contributed by atoms with Gasteiger partial charge in [0.15, 0.2) is 0 Å². The third-order valence-electron chi connectivity index (χ3n) is 2.55. The molecular weight excluding hydrogens is 383 g/mol. The van der Waals surface area contributed by atoms with Crippen LogP contribution in [0, 0.1) is 0 Å². The molecule has 4 nitrogen and oxygen atoms in total. The van der Waals surface area contributed by atoms with E-state index < -0.39 is 38.8 Å². The van der Waals surface area contributed by atoms with Gasteiger partial charge in [-0.3, -0.25) is 0 Å². The Labute approximate surface area is 154 Å². The van der Waals surface area contributed by atoms with Crippen molar-refractivity contribution in [2.75, 3.05) is 0 Å². The van der Waals surface area contributed by atoms with Gasteiger partial charge in [0.1, 0.15) is 0 Å². The number of hydrogen-bond acceptors (Lipinski definition) is 4. The molecule has 0 saturated heterocycles. The Hall–Kier alpha value is -0.0569. The first-order chi connectivity index (χ1) is 10.7. The van der Waals surface area contributed by atoms with E-state index in [0.717, 1.165) is 5.56 Å². The first kappa shape index (κ1) is 22.0. The second kappa shape index (κ2) is 8.09. The molecule has 0 spiro atoms. The van der Waals surface area contributed by atoms with Gasteiger partial charge < -0.3 is 0 Å². The fourth-order valence-electron chi connectivity index (χ4n) is 2.02. The molecule has 0 atom stereocenters. The van der Waals surface area contributed by atoms with E-state index in [-0.39, 0.29) is 0 Å². The van der Waals surface area contributed by atoms with Crippen LogP contribution in [-0.4, -0.2) is 16.8 Å². The molecule has 0 unspecified atom stereocenters. The second-order valence-electron chi connectivity index (χ2n) is 8.92. The van der Waals surface area contributed by atoms with Gasteiger partial charge in [-0.1, -0.05) is 0 Å². The van der Waals surface area contributed by atoms with E-state index in [1.807, 2.05) is 92.6 Å². The van der Waals surface area contributed by atoms with E-state index in [0.29, 0.717) is 6.61 Å². The summed E-state index contributed by atoms with van der Waals surface area (Å²) >= 11 is -4.30. The molecule has 0 aliphatic heterocycles. The van der Waals surface area contributed by atoms with Crippen molar-refractivity contribution in [2.45, 2.75) is 85.7 Å². The number of benzene rings is 1. The van der Waals surface area contributed by atoms with E-state index in [4.69, 9.17) is 11.3 Å². The molecule has 0 N–H and O–H groups in total. The van der Waals surface area contributed by atoms with Crippen molar-refractivity contribution < 1.29 is 33.3 Å². The predicted octanol–water partition coefficient (Wildman–Crippen LogP) is 5.46. The Balaban J connectivity index is 3.12. The number of rotatable bonds is 6. The summed E-state index contributed by atoms with van der Waals surface area (Å²) in [5.41, 5.74) is -0.165. The molecule has 5 heteroatoms. The van der Waals surface area contributed by atoms with E-state index in [2.05, 4.69) is 0 Å². The van der Waals surface area contributed by atoms with Crippen molar-refractivity contribution in [1.82, 2.24) is 0 Å². The summed E-state index contributed by atoms with van der Waals surface area (Å²) in [7, 11) is 0.